The Morgan fingerprint density at radius 1 is 1.00 bits per heavy atom. The summed E-state index contributed by atoms with van der Waals surface area (Å²) in [5, 5.41) is 0. The van der Waals surface area contributed by atoms with Crippen molar-refractivity contribution in [3.05, 3.63) is 77.7 Å². The molecule has 2 aromatic carbocycles. The first-order valence-corrected chi connectivity index (χ1v) is 9.87. The summed E-state index contributed by atoms with van der Waals surface area (Å²) < 4.78 is 15.5. The van der Waals surface area contributed by atoms with Gasteiger partial charge in [0.2, 0.25) is 0 Å². The Labute approximate surface area is 165 Å². The molecule has 1 fully saturated rings. The highest BCUT2D eigenvalue weighted by Crippen LogP contribution is 2.31. The second-order valence-corrected chi connectivity index (χ2v) is 7.68. The van der Waals surface area contributed by atoms with E-state index in [0.717, 1.165) is 54.1 Å². The molecule has 3 nitrogen and oxygen atoms in total. The minimum atomic E-state index is -0.270. The van der Waals surface area contributed by atoms with Crippen LogP contribution >= 0.6 is 0 Å². The standard InChI is InChI=1S/C24H25FN2O/c1-17-12-14-26(15-13-17)24(28)22-16-23(19-6-4-3-5-7-19)27(18(22)2)21-10-8-20(25)9-11-21/h3-11,16-17H,12-15H2,1-2H3. The van der Waals surface area contributed by atoms with E-state index in [1.165, 1.54) is 12.1 Å². The van der Waals surface area contributed by atoms with Gasteiger partial charge in [-0.1, -0.05) is 37.3 Å². The second-order valence-electron chi connectivity index (χ2n) is 7.68. The molecule has 0 atom stereocenters. The van der Waals surface area contributed by atoms with E-state index in [2.05, 4.69) is 11.5 Å². The van der Waals surface area contributed by atoms with E-state index in [1.807, 2.05) is 48.2 Å². The highest BCUT2D eigenvalue weighted by Gasteiger charge is 2.26. The van der Waals surface area contributed by atoms with Crippen molar-refractivity contribution >= 4 is 5.91 Å². The van der Waals surface area contributed by atoms with Crippen LogP contribution in [0.4, 0.5) is 4.39 Å². The Kier molecular flexibility index (Phi) is 5.03. The van der Waals surface area contributed by atoms with Crippen molar-refractivity contribution in [3.63, 3.8) is 0 Å². The summed E-state index contributed by atoms with van der Waals surface area (Å²) in [7, 11) is 0. The Balaban J connectivity index is 1.80. The molecule has 1 aliphatic rings. The lowest BCUT2D eigenvalue weighted by Gasteiger charge is -2.30. The van der Waals surface area contributed by atoms with Gasteiger partial charge in [0.05, 0.1) is 11.3 Å². The molecule has 0 saturated carbocycles. The number of nitrogens with zero attached hydrogens (tertiary/aromatic N) is 2. The molecule has 1 saturated heterocycles. The third kappa shape index (κ3) is 3.47. The van der Waals surface area contributed by atoms with E-state index in [1.54, 1.807) is 12.1 Å². The zero-order valence-corrected chi connectivity index (χ0v) is 16.4. The van der Waals surface area contributed by atoms with Crippen LogP contribution in [0.2, 0.25) is 0 Å². The van der Waals surface area contributed by atoms with Gasteiger partial charge in [-0.15, -0.1) is 0 Å². The lowest BCUT2D eigenvalue weighted by Crippen LogP contribution is -2.38. The molecule has 0 bridgehead atoms. The predicted octanol–water partition coefficient (Wildman–Crippen LogP) is 5.46. The summed E-state index contributed by atoms with van der Waals surface area (Å²) in [6.07, 6.45) is 2.10. The summed E-state index contributed by atoms with van der Waals surface area (Å²) in [6, 6.07) is 18.4. The molecule has 1 aromatic heterocycles. The van der Waals surface area contributed by atoms with E-state index in [4.69, 9.17) is 0 Å². The quantitative estimate of drug-likeness (QED) is 0.595. The number of piperidine rings is 1. The Morgan fingerprint density at radius 2 is 1.64 bits per heavy atom. The van der Waals surface area contributed by atoms with Gasteiger partial charge >= 0.3 is 0 Å². The zero-order valence-electron chi connectivity index (χ0n) is 16.4. The zero-order chi connectivity index (χ0) is 19.7. The monoisotopic (exact) mass is 376 g/mol. The first kappa shape index (κ1) is 18.5. The van der Waals surface area contributed by atoms with Crippen molar-refractivity contribution in [1.29, 1.82) is 0 Å². The van der Waals surface area contributed by atoms with Crippen molar-refractivity contribution in [2.75, 3.05) is 13.1 Å². The number of likely N-dealkylation sites (tertiary alicyclic amines) is 1. The molecular weight excluding hydrogens is 351 g/mol. The summed E-state index contributed by atoms with van der Waals surface area (Å²) in [6.45, 7) is 5.82. The van der Waals surface area contributed by atoms with Crippen molar-refractivity contribution in [2.24, 2.45) is 5.92 Å². The molecule has 0 N–H and O–H groups in total. The molecule has 0 aliphatic carbocycles. The number of rotatable bonds is 3. The van der Waals surface area contributed by atoms with Crippen molar-refractivity contribution in [2.45, 2.75) is 26.7 Å². The van der Waals surface area contributed by atoms with Gasteiger partial charge in [0.15, 0.2) is 0 Å². The SMILES string of the molecule is Cc1c(C(=O)N2CCC(C)CC2)cc(-c2ccccc2)n1-c1ccc(F)cc1. The van der Waals surface area contributed by atoms with Crippen LogP contribution in [0.5, 0.6) is 0 Å². The van der Waals surface area contributed by atoms with Gasteiger partial charge in [-0.05, 0) is 61.6 Å². The first-order chi connectivity index (χ1) is 13.5. The Bertz CT molecular complexity index is 968. The van der Waals surface area contributed by atoms with E-state index in [-0.39, 0.29) is 11.7 Å². The number of halogens is 1. The summed E-state index contributed by atoms with van der Waals surface area (Å²) in [5.41, 5.74) is 4.43. The van der Waals surface area contributed by atoms with Crippen molar-refractivity contribution in [3.8, 4) is 16.9 Å². The smallest absolute Gasteiger partial charge is 0.255 e. The van der Waals surface area contributed by atoms with Crippen LogP contribution in [0.15, 0.2) is 60.7 Å². The van der Waals surface area contributed by atoms with Crippen LogP contribution in [0.25, 0.3) is 16.9 Å². The van der Waals surface area contributed by atoms with Crippen LogP contribution < -0.4 is 0 Å². The molecule has 0 radical (unpaired) electrons. The van der Waals surface area contributed by atoms with Crippen LogP contribution in [0, 0.1) is 18.7 Å². The highest BCUT2D eigenvalue weighted by atomic mass is 19.1. The van der Waals surface area contributed by atoms with E-state index in [9.17, 15) is 9.18 Å². The van der Waals surface area contributed by atoms with E-state index in [0.29, 0.717) is 5.92 Å². The van der Waals surface area contributed by atoms with Crippen LogP contribution in [0.3, 0.4) is 0 Å². The molecule has 0 unspecified atom stereocenters. The molecule has 3 aromatic rings. The number of aromatic nitrogens is 1. The second kappa shape index (κ2) is 7.63. The summed E-state index contributed by atoms with van der Waals surface area (Å²) in [4.78, 5) is 15.2. The van der Waals surface area contributed by atoms with Gasteiger partial charge in [0.1, 0.15) is 5.82 Å². The van der Waals surface area contributed by atoms with Gasteiger partial charge in [0, 0.05) is 24.5 Å². The van der Waals surface area contributed by atoms with Gasteiger partial charge in [-0.25, -0.2) is 4.39 Å². The van der Waals surface area contributed by atoms with E-state index < -0.39 is 0 Å². The maximum atomic E-state index is 13.5. The maximum Gasteiger partial charge on any atom is 0.255 e. The third-order valence-electron chi connectivity index (χ3n) is 5.70. The van der Waals surface area contributed by atoms with Crippen LogP contribution in [-0.4, -0.2) is 28.5 Å². The highest BCUT2D eigenvalue weighted by molar-refractivity contribution is 5.97. The molecule has 144 valence electrons. The topological polar surface area (TPSA) is 25.2 Å². The molecular formula is C24H25FN2O. The van der Waals surface area contributed by atoms with Crippen molar-refractivity contribution < 1.29 is 9.18 Å². The number of hydrogen-bond acceptors (Lipinski definition) is 1. The van der Waals surface area contributed by atoms with Gasteiger partial charge in [0.25, 0.3) is 5.91 Å². The lowest BCUT2D eigenvalue weighted by atomic mass is 9.98. The molecule has 1 amide bonds. The molecule has 4 heteroatoms. The summed E-state index contributed by atoms with van der Waals surface area (Å²) in [5.74, 6) is 0.491. The maximum absolute atomic E-state index is 13.5. The Morgan fingerprint density at radius 3 is 2.29 bits per heavy atom. The molecule has 1 aliphatic heterocycles. The van der Waals surface area contributed by atoms with Crippen molar-refractivity contribution in [1.82, 2.24) is 9.47 Å². The minimum Gasteiger partial charge on any atom is -0.339 e. The first-order valence-electron chi connectivity index (χ1n) is 9.87. The molecule has 4 rings (SSSR count). The van der Waals surface area contributed by atoms with E-state index >= 15 is 0 Å². The lowest BCUT2D eigenvalue weighted by molar-refractivity contribution is 0.0696. The minimum absolute atomic E-state index is 0.0856. The third-order valence-corrected chi connectivity index (χ3v) is 5.70. The number of hydrogen-bond donors (Lipinski definition) is 0. The fourth-order valence-corrected chi connectivity index (χ4v) is 3.95. The predicted molar refractivity (Wildman–Crippen MR) is 110 cm³/mol. The largest absolute Gasteiger partial charge is 0.339 e. The fraction of sp³-hybridized carbons (Fsp3) is 0.292. The average molecular weight is 376 g/mol. The van der Waals surface area contributed by atoms with Gasteiger partial charge < -0.3 is 9.47 Å². The number of carbonyl (C=O) groups excluding carboxylic acids is 1. The molecule has 0 spiro atoms. The normalized spacial score (nSPS) is 15.0. The van der Waals surface area contributed by atoms with Gasteiger partial charge in [-0.2, -0.15) is 0 Å². The average Bonchev–Trinajstić information content (AvgIpc) is 3.06. The van der Waals surface area contributed by atoms with Gasteiger partial charge in [-0.3, -0.25) is 4.79 Å². The Hall–Kier alpha value is -2.88. The van der Waals surface area contributed by atoms with Crippen LogP contribution in [0.1, 0.15) is 35.8 Å². The number of carbonyl (C=O) groups is 1. The van der Waals surface area contributed by atoms with Crippen LogP contribution in [-0.2, 0) is 0 Å². The number of amides is 1. The molecule has 28 heavy (non-hydrogen) atoms. The number of benzene rings is 2. The summed E-state index contributed by atoms with van der Waals surface area (Å²) >= 11 is 0. The fourth-order valence-electron chi connectivity index (χ4n) is 3.95. The molecule has 2 heterocycles.